The fourth-order valence-corrected chi connectivity index (χ4v) is 1.04. The van der Waals surface area contributed by atoms with Crippen molar-refractivity contribution in [3.63, 3.8) is 0 Å². The Labute approximate surface area is 93.1 Å². The van der Waals surface area contributed by atoms with E-state index in [2.05, 4.69) is 0 Å². The van der Waals surface area contributed by atoms with Crippen LogP contribution in [-0.4, -0.2) is 23.9 Å². The molecule has 2 radical (unpaired) electrons. The van der Waals surface area contributed by atoms with Crippen molar-refractivity contribution in [3.05, 3.63) is 23.2 Å². The van der Waals surface area contributed by atoms with Crippen molar-refractivity contribution in [2.45, 2.75) is 9.79 Å². The van der Waals surface area contributed by atoms with Gasteiger partial charge in [-0.1, -0.05) is 23.7 Å². The first-order valence-electron chi connectivity index (χ1n) is 2.34. The van der Waals surface area contributed by atoms with E-state index >= 15 is 0 Å². The van der Waals surface area contributed by atoms with Gasteiger partial charge in [0.15, 0.2) is 0 Å². The number of benzene rings is 1. The molecule has 0 saturated heterocycles. The molecule has 50 valence electrons. The standard InChI is InChI=1S/C6H5ClS2.Sn/c7-4-1-2-5(8)6(9)3-4;/h1-3,8-9H;/q;+2/p-2. The minimum absolute atomic E-state index is 0. The molecule has 0 bridgehead atoms. The van der Waals surface area contributed by atoms with Gasteiger partial charge in [0.1, 0.15) is 0 Å². The van der Waals surface area contributed by atoms with Gasteiger partial charge in [0.05, 0.1) is 0 Å². The quantitative estimate of drug-likeness (QED) is 0.528. The summed E-state index contributed by atoms with van der Waals surface area (Å²) in [5.41, 5.74) is 0. The maximum absolute atomic E-state index is 5.60. The monoisotopic (exact) mass is 294 g/mol. The van der Waals surface area contributed by atoms with Crippen molar-refractivity contribution in [2.24, 2.45) is 0 Å². The van der Waals surface area contributed by atoms with E-state index in [1.807, 2.05) is 0 Å². The Morgan fingerprint density at radius 3 is 2.10 bits per heavy atom. The molecule has 0 unspecified atom stereocenters. The number of hydrogen-bond acceptors (Lipinski definition) is 2. The fraction of sp³-hybridized carbons (Fsp3) is 0. The van der Waals surface area contributed by atoms with Crippen molar-refractivity contribution >= 4 is 60.8 Å². The number of rotatable bonds is 0. The molecule has 0 aliphatic carbocycles. The van der Waals surface area contributed by atoms with Crippen LogP contribution in [-0.2, 0) is 25.3 Å². The minimum Gasteiger partial charge on any atom is -0.781 e. The van der Waals surface area contributed by atoms with Crippen molar-refractivity contribution in [3.8, 4) is 0 Å². The fourth-order valence-electron chi connectivity index (χ4n) is 0.482. The van der Waals surface area contributed by atoms with Crippen molar-refractivity contribution in [1.29, 1.82) is 0 Å². The molecule has 0 fully saturated rings. The van der Waals surface area contributed by atoms with Gasteiger partial charge in [-0.25, -0.2) is 0 Å². The van der Waals surface area contributed by atoms with Crippen LogP contribution in [0.4, 0.5) is 0 Å². The predicted molar refractivity (Wildman–Crippen MR) is 48.5 cm³/mol. The summed E-state index contributed by atoms with van der Waals surface area (Å²) in [6.45, 7) is 0. The molecule has 1 aromatic rings. The summed E-state index contributed by atoms with van der Waals surface area (Å²) in [7, 11) is 0. The normalized spacial score (nSPS) is 8.50. The summed E-state index contributed by atoms with van der Waals surface area (Å²) in [4.78, 5) is 1.34. The summed E-state index contributed by atoms with van der Waals surface area (Å²) in [5.74, 6) is 0. The van der Waals surface area contributed by atoms with Crippen LogP contribution in [0.5, 0.6) is 0 Å². The largest absolute Gasteiger partial charge is 2.00 e. The zero-order valence-corrected chi connectivity index (χ0v) is 10.2. The van der Waals surface area contributed by atoms with E-state index in [4.69, 9.17) is 36.9 Å². The molecule has 1 aromatic carbocycles. The summed E-state index contributed by atoms with van der Waals surface area (Å²) < 4.78 is 0. The van der Waals surface area contributed by atoms with Crippen LogP contribution in [0.1, 0.15) is 0 Å². The van der Waals surface area contributed by atoms with E-state index in [1.165, 1.54) is 0 Å². The SMILES string of the molecule is [S-]c1ccc(Cl)cc1[S-].[Sn+2]. The molecule has 0 spiro atoms. The molecule has 0 aromatic heterocycles. The van der Waals surface area contributed by atoms with Crippen molar-refractivity contribution in [2.75, 3.05) is 0 Å². The summed E-state index contributed by atoms with van der Waals surface area (Å²) >= 11 is 15.3. The summed E-state index contributed by atoms with van der Waals surface area (Å²) in [6.07, 6.45) is 0. The molecule has 0 aliphatic heterocycles. The van der Waals surface area contributed by atoms with Crippen LogP contribution >= 0.6 is 11.6 Å². The van der Waals surface area contributed by atoms with Gasteiger partial charge in [0.25, 0.3) is 0 Å². The van der Waals surface area contributed by atoms with E-state index < -0.39 is 0 Å². The van der Waals surface area contributed by atoms with Crippen LogP contribution in [0, 0.1) is 0 Å². The molecule has 0 aliphatic rings. The average molecular weight is 293 g/mol. The minimum atomic E-state index is 0. The third-order valence-electron chi connectivity index (χ3n) is 0.906. The van der Waals surface area contributed by atoms with Crippen LogP contribution in [0.25, 0.3) is 0 Å². The van der Waals surface area contributed by atoms with Crippen LogP contribution in [0.3, 0.4) is 0 Å². The third kappa shape index (κ3) is 2.78. The maximum Gasteiger partial charge on any atom is 2.00 e. The summed E-state index contributed by atoms with van der Waals surface area (Å²) in [6, 6.07) is 5.15. The Morgan fingerprint density at radius 2 is 1.70 bits per heavy atom. The van der Waals surface area contributed by atoms with Crippen LogP contribution < -0.4 is 0 Å². The Balaban J connectivity index is 0.000000810. The Hall–Kier alpha value is 0.749. The van der Waals surface area contributed by atoms with Gasteiger partial charge in [-0.2, -0.15) is 9.79 Å². The molecular weight excluding hydrogens is 290 g/mol. The van der Waals surface area contributed by atoms with E-state index in [9.17, 15) is 0 Å². The summed E-state index contributed by atoms with van der Waals surface area (Å²) in [5, 5.41) is 0.647. The average Bonchev–Trinajstić information content (AvgIpc) is 1.80. The van der Waals surface area contributed by atoms with E-state index in [1.54, 1.807) is 18.2 Å². The molecule has 0 amide bonds. The Kier molecular flexibility index (Phi) is 4.93. The zero-order chi connectivity index (χ0) is 6.85. The molecule has 0 atom stereocenters. The van der Waals surface area contributed by atoms with E-state index in [0.717, 1.165) is 0 Å². The van der Waals surface area contributed by atoms with Gasteiger partial charge in [-0.05, 0) is 6.07 Å². The maximum atomic E-state index is 5.60. The topological polar surface area (TPSA) is 0 Å². The molecule has 0 saturated carbocycles. The van der Waals surface area contributed by atoms with Crippen LogP contribution in [0.2, 0.25) is 5.02 Å². The molecule has 4 heteroatoms. The van der Waals surface area contributed by atoms with Crippen LogP contribution in [0.15, 0.2) is 28.0 Å². The molecule has 0 N–H and O–H groups in total. The number of halogens is 1. The first-order chi connectivity index (χ1) is 4.20. The van der Waals surface area contributed by atoms with Gasteiger partial charge in [0, 0.05) is 5.02 Å². The smallest absolute Gasteiger partial charge is 0.781 e. The molecule has 0 heterocycles. The molecule has 0 nitrogen and oxygen atoms in total. The Morgan fingerprint density at radius 1 is 1.10 bits per heavy atom. The second-order valence-corrected chi connectivity index (χ2v) is 2.91. The number of hydrogen-bond donors (Lipinski definition) is 0. The molecule has 1 rings (SSSR count). The first kappa shape index (κ1) is 10.7. The van der Waals surface area contributed by atoms with E-state index in [-0.39, 0.29) is 23.9 Å². The van der Waals surface area contributed by atoms with Gasteiger partial charge in [-0.15, -0.1) is 0 Å². The third-order valence-corrected chi connectivity index (χ3v) is 1.96. The molecule has 10 heavy (non-hydrogen) atoms. The second-order valence-electron chi connectivity index (χ2n) is 1.59. The van der Waals surface area contributed by atoms with Gasteiger partial charge in [0.2, 0.25) is 0 Å². The molecular formula is C6H3ClS2Sn. The van der Waals surface area contributed by atoms with E-state index in [0.29, 0.717) is 14.8 Å². The van der Waals surface area contributed by atoms with Crippen molar-refractivity contribution < 1.29 is 0 Å². The zero-order valence-electron chi connectivity index (χ0n) is 4.93. The first-order valence-corrected chi connectivity index (χ1v) is 3.53. The van der Waals surface area contributed by atoms with Gasteiger partial charge >= 0.3 is 23.9 Å². The predicted octanol–water partition coefficient (Wildman–Crippen LogP) is 1.77. The van der Waals surface area contributed by atoms with Crippen molar-refractivity contribution in [1.82, 2.24) is 0 Å². The second kappa shape index (κ2) is 4.59. The van der Waals surface area contributed by atoms with Gasteiger partial charge in [-0.3, -0.25) is 0 Å². The Bertz CT molecular complexity index is 227. The van der Waals surface area contributed by atoms with Gasteiger partial charge < -0.3 is 25.3 Å².